The summed E-state index contributed by atoms with van der Waals surface area (Å²) in [5, 5.41) is 12.0. The van der Waals surface area contributed by atoms with Crippen LogP contribution in [-0.4, -0.2) is 42.3 Å². The number of nitrogens with one attached hydrogen (secondary N) is 1. The van der Waals surface area contributed by atoms with Gasteiger partial charge in [-0.3, -0.25) is 14.4 Å². The Morgan fingerprint density at radius 1 is 1.05 bits per heavy atom. The summed E-state index contributed by atoms with van der Waals surface area (Å²) >= 11 is 0. The van der Waals surface area contributed by atoms with Crippen LogP contribution in [-0.2, 0) is 11.8 Å². The van der Waals surface area contributed by atoms with E-state index in [1.807, 2.05) is 48.5 Å². The molecular weight excluding hydrogens is 486 g/mol. The summed E-state index contributed by atoms with van der Waals surface area (Å²) in [6.07, 6.45) is 3.55. The molecule has 2 atom stereocenters. The van der Waals surface area contributed by atoms with Crippen molar-refractivity contribution in [2.75, 3.05) is 4.90 Å². The summed E-state index contributed by atoms with van der Waals surface area (Å²) < 4.78 is 8.18. The predicted octanol–water partition coefficient (Wildman–Crippen LogP) is 2.69. The fourth-order valence-electron chi connectivity index (χ4n) is 4.90. The lowest BCUT2D eigenvalue weighted by atomic mass is 9.99. The average molecular weight is 510 g/mol. The fraction of sp³-hybridized carbons (Fsp3) is 0.185. The Hall–Kier alpha value is -5.06. The van der Waals surface area contributed by atoms with Gasteiger partial charge in [-0.05, 0) is 29.8 Å². The monoisotopic (exact) mass is 509 g/mol. The Balaban J connectivity index is 1.37. The number of hydrogen-bond donors (Lipinski definition) is 1. The maximum absolute atomic E-state index is 13.4. The van der Waals surface area contributed by atoms with Gasteiger partial charge in [0.1, 0.15) is 0 Å². The quantitative estimate of drug-likeness (QED) is 0.386. The van der Waals surface area contributed by atoms with Gasteiger partial charge in [0.05, 0.1) is 29.5 Å². The van der Waals surface area contributed by atoms with Gasteiger partial charge in [-0.25, -0.2) is 4.68 Å². The van der Waals surface area contributed by atoms with Gasteiger partial charge in [0, 0.05) is 43.7 Å². The van der Waals surface area contributed by atoms with E-state index in [0.29, 0.717) is 5.69 Å². The molecule has 0 bridgehead atoms. The van der Waals surface area contributed by atoms with Crippen molar-refractivity contribution in [3.63, 3.8) is 0 Å². The molecule has 11 heteroatoms. The van der Waals surface area contributed by atoms with E-state index in [1.165, 1.54) is 10.6 Å². The summed E-state index contributed by atoms with van der Waals surface area (Å²) in [5.41, 5.74) is 3.03. The topological polar surface area (TPSA) is 128 Å². The van der Waals surface area contributed by atoms with Crippen LogP contribution in [0.4, 0.5) is 5.69 Å². The number of pyridine rings is 1. The lowest BCUT2D eigenvalue weighted by Gasteiger charge is -2.29. The number of hydrogen-bond acceptors (Lipinski definition) is 7. The van der Waals surface area contributed by atoms with E-state index in [0.717, 1.165) is 22.2 Å². The second kappa shape index (κ2) is 9.11. The summed E-state index contributed by atoms with van der Waals surface area (Å²) in [4.78, 5) is 43.8. The molecule has 1 aliphatic rings. The molecule has 0 saturated carbocycles. The number of carbonyl (C=O) groups is 2. The highest BCUT2D eigenvalue weighted by molar-refractivity contribution is 6.00. The summed E-state index contributed by atoms with van der Waals surface area (Å²) in [6, 6.07) is 17.5. The van der Waals surface area contributed by atoms with Gasteiger partial charge in [0.25, 0.3) is 11.7 Å². The molecule has 1 unspecified atom stereocenters. The van der Waals surface area contributed by atoms with Crippen LogP contribution < -0.4 is 15.8 Å². The van der Waals surface area contributed by atoms with Crippen molar-refractivity contribution in [3.05, 3.63) is 101 Å². The van der Waals surface area contributed by atoms with Crippen LogP contribution in [0.3, 0.4) is 0 Å². The molecule has 1 saturated heterocycles. The molecule has 1 N–H and O–H groups in total. The minimum absolute atomic E-state index is 0.0764. The molecular formula is C27H23N7O4. The molecule has 6 rings (SSSR count). The zero-order valence-electron chi connectivity index (χ0n) is 20.6. The Labute approximate surface area is 216 Å². The Bertz CT molecular complexity index is 1740. The summed E-state index contributed by atoms with van der Waals surface area (Å²) in [7, 11) is 1.69. The normalized spacial score (nSPS) is 17.3. The smallest absolute Gasteiger partial charge is 0.293 e. The molecule has 11 nitrogen and oxygen atoms in total. The zero-order valence-corrected chi connectivity index (χ0v) is 20.6. The lowest BCUT2D eigenvalue weighted by molar-refractivity contribution is -0.117. The Morgan fingerprint density at radius 3 is 2.58 bits per heavy atom. The Morgan fingerprint density at radius 2 is 1.84 bits per heavy atom. The fourth-order valence-corrected chi connectivity index (χ4v) is 4.90. The largest absolute Gasteiger partial charge is 0.344 e. The molecule has 38 heavy (non-hydrogen) atoms. The first-order chi connectivity index (χ1) is 18.4. The molecule has 0 aliphatic carbocycles. The van der Waals surface area contributed by atoms with Crippen LogP contribution in [0.15, 0.2) is 82.4 Å². The number of aryl methyl sites for hydroxylation is 2. The van der Waals surface area contributed by atoms with Crippen LogP contribution in [0.1, 0.15) is 34.5 Å². The van der Waals surface area contributed by atoms with Crippen LogP contribution in [0, 0.1) is 6.92 Å². The van der Waals surface area contributed by atoms with E-state index in [-0.39, 0.29) is 29.6 Å². The van der Waals surface area contributed by atoms with Gasteiger partial charge < -0.3 is 19.3 Å². The lowest BCUT2D eigenvalue weighted by Crippen LogP contribution is -2.40. The third-order valence-corrected chi connectivity index (χ3v) is 6.66. The first kappa shape index (κ1) is 23.3. The first-order valence-corrected chi connectivity index (χ1v) is 12.0. The van der Waals surface area contributed by atoms with E-state index in [2.05, 4.69) is 20.6 Å². The molecule has 5 aromatic rings. The van der Waals surface area contributed by atoms with E-state index in [1.54, 1.807) is 42.0 Å². The predicted molar refractivity (Wildman–Crippen MR) is 138 cm³/mol. The molecule has 1 aliphatic heterocycles. The van der Waals surface area contributed by atoms with Crippen LogP contribution >= 0.6 is 0 Å². The SMILES string of the molecule is Cc1nc(C(=O)NC2CC(=O)N(c3ccc4c(cnn4-c4ccc(=O)n(C)c4)c3)[C@@H]2c2ccccc2)no1. The van der Waals surface area contributed by atoms with Crippen LogP contribution in [0.25, 0.3) is 16.6 Å². The number of fused-ring (bicyclic) bond motifs is 1. The first-order valence-electron chi connectivity index (χ1n) is 12.0. The van der Waals surface area contributed by atoms with Crippen molar-refractivity contribution in [1.82, 2.24) is 29.8 Å². The summed E-state index contributed by atoms with van der Waals surface area (Å²) in [6.45, 7) is 1.61. The van der Waals surface area contributed by atoms with Crippen molar-refractivity contribution in [1.29, 1.82) is 0 Å². The number of nitrogens with zero attached hydrogens (tertiary/aromatic N) is 6. The highest BCUT2D eigenvalue weighted by Crippen LogP contribution is 2.38. The van der Waals surface area contributed by atoms with Crippen molar-refractivity contribution >= 4 is 28.4 Å². The third kappa shape index (κ3) is 4.03. The maximum Gasteiger partial charge on any atom is 0.293 e. The second-order valence-corrected chi connectivity index (χ2v) is 9.18. The van der Waals surface area contributed by atoms with Gasteiger partial charge in [-0.2, -0.15) is 10.1 Å². The number of rotatable bonds is 5. The van der Waals surface area contributed by atoms with Gasteiger partial charge in [-0.15, -0.1) is 0 Å². The number of benzene rings is 2. The molecule has 190 valence electrons. The highest BCUT2D eigenvalue weighted by atomic mass is 16.5. The third-order valence-electron chi connectivity index (χ3n) is 6.66. The van der Waals surface area contributed by atoms with E-state index in [9.17, 15) is 14.4 Å². The zero-order chi connectivity index (χ0) is 26.4. The number of aromatic nitrogens is 5. The van der Waals surface area contributed by atoms with Gasteiger partial charge >= 0.3 is 0 Å². The van der Waals surface area contributed by atoms with Crippen molar-refractivity contribution < 1.29 is 14.1 Å². The van der Waals surface area contributed by atoms with E-state index >= 15 is 0 Å². The van der Waals surface area contributed by atoms with E-state index in [4.69, 9.17) is 4.52 Å². The molecule has 3 aromatic heterocycles. The molecule has 4 heterocycles. The van der Waals surface area contributed by atoms with Crippen LogP contribution in [0.2, 0.25) is 0 Å². The maximum atomic E-state index is 13.4. The molecule has 2 aromatic carbocycles. The molecule has 1 fully saturated rings. The average Bonchev–Trinajstić information content (AvgIpc) is 3.62. The minimum Gasteiger partial charge on any atom is -0.344 e. The van der Waals surface area contributed by atoms with Gasteiger partial charge in [-0.1, -0.05) is 35.5 Å². The number of carbonyl (C=O) groups excluding carboxylic acids is 2. The molecule has 0 radical (unpaired) electrons. The second-order valence-electron chi connectivity index (χ2n) is 9.18. The minimum atomic E-state index is -0.514. The van der Waals surface area contributed by atoms with Gasteiger partial charge in [0.15, 0.2) is 0 Å². The number of anilines is 1. The highest BCUT2D eigenvalue weighted by Gasteiger charge is 2.43. The van der Waals surface area contributed by atoms with E-state index < -0.39 is 18.0 Å². The Kier molecular flexibility index (Phi) is 5.60. The van der Waals surface area contributed by atoms with Crippen molar-refractivity contribution in [3.8, 4) is 5.69 Å². The van der Waals surface area contributed by atoms with Crippen molar-refractivity contribution in [2.24, 2.45) is 7.05 Å². The molecule has 0 spiro atoms. The van der Waals surface area contributed by atoms with Crippen LogP contribution in [0.5, 0.6) is 0 Å². The van der Waals surface area contributed by atoms with Gasteiger partial charge in [0.2, 0.25) is 17.4 Å². The number of amides is 2. The van der Waals surface area contributed by atoms with Crippen molar-refractivity contribution in [2.45, 2.75) is 25.4 Å². The molecule has 2 amide bonds. The standard InChI is InChI=1S/C27H23N7O4/c1-16-29-26(31-38-16)27(37)30-21-13-24(36)33(25(21)17-6-4-3-5-7-17)19-8-10-22-18(12-19)14-28-34(22)20-9-11-23(35)32(2)15-20/h3-12,14-15,21,25H,13H2,1-2H3,(H,30,37)/t21?,25-/m1/s1. The summed E-state index contributed by atoms with van der Waals surface area (Å²) in [5.74, 6) is -0.424.